The van der Waals surface area contributed by atoms with Crippen LogP contribution in [0.3, 0.4) is 0 Å². The molecule has 0 spiro atoms. The van der Waals surface area contributed by atoms with Crippen molar-refractivity contribution in [2.75, 3.05) is 6.54 Å². The van der Waals surface area contributed by atoms with E-state index in [0.29, 0.717) is 6.04 Å². The van der Waals surface area contributed by atoms with Crippen LogP contribution in [0.4, 0.5) is 0 Å². The van der Waals surface area contributed by atoms with Gasteiger partial charge < -0.3 is 5.32 Å². The maximum atomic E-state index is 5.90. The first kappa shape index (κ1) is 13.9. The fourth-order valence-electron chi connectivity index (χ4n) is 2.92. The normalized spacial score (nSPS) is 25.3. The quantitative estimate of drug-likeness (QED) is 0.837. The van der Waals surface area contributed by atoms with Gasteiger partial charge in [0.15, 0.2) is 0 Å². The van der Waals surface area contributed by atoms with Gasteiger partial charge in [0.25, 0.3) is 0 Å². The number of nitrogens with one attached hydrogen (secondary N) is 1. The first-order chi connectivity index (χ1) is 8.65. The Kier molecular flexibility index (Phi) is 5.08. The van der Waals surface area contributed by atoms with Crippen LogP contribution in [0.1, 0.15) is 38.7 Å². The highest BCUT2D eigenvalue weighted by Crippen LogP contribution is 2.30. The lowest BCUT2D eigenvalue weighted by molar-refractivity contribution is 0.371. The van der Waals surface area contributed by atoms with E-state index in [2.05, 4.69) is 31.3 Å². The van der Waals surface area contributed by atoms with E-state index in [9.17, 15) is 0 Å². The summed E-state index contributed by atoms with van der Waals surface area (Å²) in [7, 11) is 0. The summed E-state index contributed by atoms with van der Waals surface area (Å²) >= 11 is 5.90. The number of rotatable bonds is 5. The molecule has 0 amide bonds. The Morgan fingerprint density at radius 3 is 2.61 bits per heavy atom. The number of hydrogen-bond acceptors (Lipinski definition) is 1. The number of halogens is 1. The van der Waals surface area contributed by atoms with Gasteiger partial charge in [-0.3, -0.25) is 0 Å². The average molecular weight is 266 g/mol. The second-order valence-electron chi connectivity index (χ2n) is 5.81. The number of hydrogen-bond donors (Lipinski definition) is 1. The summed E-state index contributed by atoms with van der Waals surface area (Å²) < 4.78 is 0. The Morgan fingerprint density at radius 2 is 2.00 bits per heavy atom. The molecule has 1 saturated carbocycles. The van der Waals surface area contributed by atoms with Crippen molar-refractivity contribution in [3.8, 4) is 0 Å². The molecular weight excluding hydrogens is 242 g/mol. The van der Waals surface area contributed by atoms with Crippen molar-refractivity contribution in [2.45, 2.75) is 45.6 Å². The molecule has 3 unspecified atom stereocenters. The van der Waals surface area contributed by atoms with E-state index in [0.717, 1.165) is 23.3 Å². The average Bonchev–Trinajstić information content (AvgIpc) is 2.75. The van der Waals surface area contributed by atoms with Crippen LogP contribution in [-0.4, -0.2) is 12.6 Å². The molecule has 1 N–H and O–H groups in total. The van der Waals surface area contributed by atoms with Crippen LogP contribution in [0.25, 0.3) is 0 Å². The van der Waals surface area contributed by atoms with Crippen LogP contribution in [0.15, 0.2) is 24.3 Å². The van der Waals surface area contributed by atoms with Gasteiger partial charge in [-0.1, -0.05) is 43.5 Å². The molecule has 2 heteroatoms. The molecule has 0 radical (unpaired) electrons. The molecular formula is C16H24ClN. The van der Waals surface area contributed by atoms with Gasteiger partial charge in [0.05, 0.1) is 0 Å². The van der Waals surface area contributed by atoms with Gasteiger partial charge in [-0.2, -0.15) is 0 Å². The monoisotopic (exact) mass is 265 g/mol. The zero-order chi connectivity index (χ0) is 13.0. The summed E-state index contributed by atoms with van der Waals surface area (Å²) in [5, 5.41) is 4.50. The van der Waals surface area contributed by atoms with E-state index in [4.69, 9.17) is 11.6 Å². The summed E-state index contributed by atoms with van der Waals surface area (Å²) in [4.78, 5) is 0. The van der Waals surface area contributed by atoms with Crippen LogP contribution in [0, 0.1) is 11.8 Å². The van der Waals surface area contributed by atoms with E-state index < -0.39 is 0 Å². The van der Waals surface area contributed by atoms with Gasteiger partial charge in [0.1, 0.15) is 0 Å². The Balaban J connectivity index is 1.74. The van der Waals surface area contributed by atoms with Crippen molar-refractivity contribution in [3.63, 3.8) is 0 Å². The maximum absolute atomic E-state index is 5.90. The molecule has 0 saturated heterocycles. The third kappa shape index (κ3) is 4.00. The Morgan fingerprint density at radius 1 is 1.28 bits per heavy atom. The molecule has 18 heavy (non-hydrogen) atoms. The van der Waals surface area contributed by atoms with Crippen molar-refractivity contribution >= 4 is 11.6 Å². The van der Waals surface area contributed by atoms with Crippen LogP contribution in [-0.2, 0) is 6.42 Å². The molecule has 0 heterocycles. The smallest absolute Gasteiger partial charge is 0.0406 e. The molecule has 1 aliphatic carbocycles. The zero-order valence-corrected chi connectivity index (χ0v) is 12.2. The summed E-state index contributed by atoms with van der Waals surface area (Å²) in [6, 6.07) is 8.74. The first-order valence-corrected chi connectivity index (χ1v) is 7.51. The van der Waals surface area contributed by atoms with Gasteiger partial charge in [-0.25, -0.2) is 0 Å². The molecule has 0 bridgehead atoms. The van der Waals surface area contributed by atoms with E-state index in [-0.39, 0.29) is 0 Å². The van der Waals surface area contributed by atoms with E-state index in [1.54, 1.807) is 0 Å². The van der Waals surface area contributed by atoms with Crippen LogP contribution in [0.2, 0.25) is 5.02 Å². The molecule has 100 valence electrons. The van der Waals surface area contributed by atoms with Crippen LogP contribution < -0.4 is 5.32 Å². The van der Waals surface area contributed by atoms with Crippen molar-refractivity contribution in [3.05, 3.63) is 34.9 Å². The molecule has 1 nitrogen and oxygen atoms in total. The minimum Gasteiger partial charge on any atom is -0.314 e. The SMILES string of the molecule is CC(Cc1ccc(Cl)cc1)NCC1CCCC1C. The topological polar surface area (TPSA) is 12.0 Å². The highest BCUT2D eigenvalue weighted by Gasteiger charge is 2.23. The van der Waals surface area contributed by atoms with E-state index in [1.165, 1.54) is 31.4 Å². The summed E-state index contributed by atoms with van der Waals surface area (Å²) in [5.41, 5.74) is 1.36. The fourth-order valence-corrected chi connectivity index (χ4v) is 3.05. The van der Waals surface area contributed by atoms with E-state index in [1.807, 2.05) is 12.1 Å². The first-order valence-electron chi connectivity index (χ1n) is 7.13. The van der Waals surface area contributed by atoms with Gasteiger partial charge in [0, 0.05) is 11.1 Å². The van der Waals surface area contributed by atoms with Crippen molar-refractivity contribution in [1.29, 1.82) is 0 Å². The molecule has 2 rings (SSSR count). The highest BCUT2D eigenvalue weighted by molar-refractivity contribution is 6.30. The summed E-state index contributed by atoms with van der Waals surface area (Å²) in [6.07, 6.45) is 5.32. The second kappa shape index (κ2) is 6.58. The van der Waals surface area contributed by atoms with Crippen LogP contribution >= 0.6 is 11.6 Å². The lowest BCUT2D eigenvalue weighted by atomic mass is 9.97. The van der Waals surface area contributed by atoms with E-state index >= 15 is 0 Å². The Bertz CT molecular complexity index is 360. The molecule has 3 atom stereocenters. The molecule has 0 aliphatic heterocycles. The molecule has 0 aromatic heterocycles. The summed E-state index contributed by atoms with van der Waals surface area (Å²) in [6.45, 7) is 5.84. The van der Waals surface area contributed by atoms with Gasteiger partial charge >= 0.3 is 0 Å². The van der Waals surface area contributed by atoms with Gasteiger partial charge in [-0.05, 0) is 55.8 Å². The molecule has 1 aromatic carbocycles. The minimum atomic E-state index is 0.541. The molecule has 1 fully saturated rings. The van der Waals surface area contributed by atoms with Gasteiger partial charge in [-0.15, -0.1) is 0 Å². The number of benzene rings is 1. The third-order valence-electron chi connectivity index (χ3n) is 4.22. The molecule has 1 aromatic rings. The predicted octanol–water partition coefficient (Wildman–Crippen LogP) is 4.30. The van der Waals surface area contributed by atoms with Crippen LogP contribution in [0.5, 0.6) is 0 Å². The third-order valence-corrected chi connectivity index (χ3v) is 4.47. The Hall–Kier alpha value is -0.530. The fraction of sp³-hybridized carbons (Fsp3) is 0.625. The largest absolute Gasteiger partial charge is 0.314 e. The lowest BCUT2D eigenvalue weighted by Gasteiger charge is -2.20. The standard InChI is InChI=1S/C16H24ClN/c1-12-4-3-5-15(12)11-18-13(2)10-14-6-8-16(17)9-7-14/h6-9,12-13,15,18H,3-5,10-11H2,1-2H3. The van der Waals surface area contributed by atoms with Crippen molar-refractivity contribution in [2.24, 2.45) is 11.8 Å². The Labute approximate surface area is 116 Å². The lowest BCUT2D eigenvalue weighted by Crippen LogP contribution is -2.33. The maximum Gasteiger partial charge on any atom is 0.0406 e. The van der Waals surface area contributed by atoms with Gasteiger partial charge in [0.2, 0.25) is 0 Å². The zero-order valence-electron chi connectivity index (χ0n) is 11.5. The summed E-state index contributed by atoms with van der Waals surface area (Å²) in [5.74, 6) is 1.79. The van der Waals surface area contributed by atoms with Crippen molar-refractivity contribution in [1.82, 2.24) is 5.32 Å². The highest BCUT2D eigenvalue weighted by atomic mass is 35.5. The molecule has 1 aliphatic rings. The van der Waals surface area contributed by atoms with Crippen molar-refractivity contribution < 1.29 is 0 Å². The second-order valence-corrected chi connectivity index (χ2v) is 6.24. The predicted molar refractivity (Wildman–Crippen MR) is 79.1 cm³/mol. The minimum absolute atomic E-state index is 0.541.